The zero-order valence-electron chi connectivity index (χ0n) is 14.3. The highest BCUT2D eigenvalue weighted by Crippen LogP contribution is 2.50. The molecule has 0 aliphatic carbocycles. The third kappa shape index (κ3) is 4.35. The van der Waals surface area contributed by atoms with Crippen LogP contribution in [0.25, 0.3) is 6.08 Å². The third-order valence-corrected chi connectivity index (χ3v) is 6.18. The normalized spacial score (nSPS) is 15.2. The van der Waals surface area contributed by atoms with Crippen molar-refractivity contribution in [3.8, 4) is 0 Å². The monoisotopic (exact) mass is 345 g/mol. The van der Waals surface area contributed by atoms with E-state index in [0.29, 0.717) is 5.30 Å². The van der Waals surface area contributed by atoms with Crippen LogP contribution in [0.1, 0.15) is 12.5 Å². The van der Waals surface area contributed by atoms with Gasteiger partial charge in [-0.05, 0) is 42.8 Å². The molecule has 24 heavy (non-hydrogen) atoms. The summed E-state index contributed by atoms with van der Waals surface area (Å²) in [6.07, 6.45) is 3.29. The Labute approximate surface area is 143 Å². The Balaban J connectivity index is 2.28. The molecule has 0 heterocycles. The molecule has 4 nitrogen and oxygen atoms in total. The molecule has 0 saturated carbocycles. The molecule has 2 atom stereocenters. The Morgan fingerprint density at radius 3 is 2.29 bits per heavy atom. The van der Waals surface area contributed by atoms with E-state index < -0.39 is 13.2 Å². The van der Waals surface area contributed by atoms with Crippen LogP contribution in [0.15, 0.2) is 60.7 Å². The summed E-state index contributed by atoms with van der Waals surface area (Å²) in [4.78, 5) is 1.96. The van der Waals surface area contributed by atoms with Crippen molar-refractivity contribution in [2.24, 2.45) is 0 Å². The van der Waals surface area contributed by atoms with Crippen LogP contribution in [-0.2, 0) is 9.09 Å². The number of nitrogens with zero attached hydrogens (tertiary/aromatic N) is 1. The summed E-state index contributed by atoms with van der Waals surface area (Å²) < 4.78 is 18.8. The maximum Gasteiger partial charge on any atom is 0.263 e. The molecule has 0 radical (unpaired) electrons. The number of hydrogen-bond acceptors (Lipinski definition) is 4. The Hall–Kier alpha value is -1.87. The molecule has 1 N–H and O–H groups in total. The van der Waals surface area contributed by atoms with E-state index in [0.717, 1.165) is 11.3 Å². The number of benzene rings is 2. The number of hydrogen-bond donors (Lipinski definition) is 1. The van der Waals surface area contributed by atoms with Gasteiger partial charge in [-0.1, -0.05) is 36.4 Å². The van der Waals surface area contributed by atoms with E-state index in [1.807, 2.05) is 61.5 Å². The second kappa shape index (κ2) is 8.29. The van der Waals surface area contributed by atoms with Gasteiger partial charge in [0.2, 0.25) is 0 Å². The molecule has 0 spiro atoms. The Bertz CT molecular complexity index is 711. The fourth-order valence-electron chi connectivity index (χ4n) is 2.33. The first-order valence-corrected chi connectivity index (χ1v) is 9.60. The molecule has 128 valence electrons. The largest absolute Gasteiger partial charge is 0.378 e. The van der Waals surface area contributed by atoms with Crippen molar-refractivity contribution in [1.82, 2.24) is 0 Å². The minimum Gasteiger partial charge on any atom is -0.378 e. The van der Waals surface area contributed by atoms with E-state index in [1.165, 1.54) is 6.08 Å². The van der Waals surface area contributed by atoms with Crippen LogP contribution in [0.3, 0.4) is 0 Å². The van der Waals surface area contributed by atoms with Crippen molar-refractivity contribution in [1.29, 1.82) is 0 Å². The summed E-state index contributed by atoms with van der Waals surface area (Å²) in [7, 11) is 0.479. The molecular weight excluding hydrogens is 321 g/mol. The van der Waals surface area contributed by atoms with Gasteiger partial charge in [0.25, 0.3) is 7.37 Å². The van der Waals surface area contributed by atoms with E-state index >= 15 is 0 Å². The fourth-order valence-corrected chi connectivity index (χ4v) is 4.20. The Morgan fingerprint density at radius 1 is 1.12 bits per heavy atom. The van der Waals surface area contributed by atoms with Gasteiger partial charge in [-0.3, -0.25) is 4.57 Å². The van der Waals surface area contributed by atoms with Gasteiger partial charge >= 0.3 is 0 Å². The van der Waals surface area contributed by atoms with Crippen LogP contribution >= 0.6 is 7.37 Å². The van der Waals surface area contributed by atoms with Gasteiger partial charge in [-0.25, -0.2) is 0 Å². The van der Waals surface area contributed by atoms with Crippen molar-refractivity contribution in [2.75, 3.05) is 25.6 Å². The SMILES string of the molecule is CCOP(=O)(c1ccc(N(C)C)cc1)C(O)C=Cc1ccccc1. The maximum atomic E-state index is 13.3. The molecule has 2 aromatic carbocycles. The lowest BCUT2D eigenvalue weighted by Crippen LogP contribution is -2.18. The fraction of sp³-hybridized carbons (Fsp3) is 0.263. The number of anilines is 1. The zero-order chi connectivity index (χ0) is 17.6. The third-order valence-electron chi connectivity index (χ3n) is 3.66. The number of rotatable bonds is 7. The van der Waals surface area contributed by atoms with Gasteiger partial charge in [0, 0.05) is 25.1 Å². The smallest absolute Gasteiger partial charge is 0.263 e. The van der Waals surface area contributed by atoms with Crippen molar-refractivity contribution in [2.45, 2.75) is 12.8 Å². The van der Waals surface area contributed by atoms with Gasteiger partial charge < -0.3 is 14.5 Å². The molecule has 0 bridgehead atoms. The molecule has 2 aromatic rings. The van der Waals surface area contributed by atoms with E-state index in [9.17, 15) is 9.67 Å². The molecule has 0 aliphatic rings. The van der Waals surface area contributed by atoms with Crippen LogP contribution < -0.4 is 10.2 Å². The number of aliphatic hydroxyl groups excluding tert-OH is 1. The summed E-state index contributed by atoms with van der Waals surface area (Å²) in [5, 5.41) is 11.0. The Kier molecular flexibility index (Phi) is 6.38. The summed E-state index contributed by atoms with van der Waals surface area (Å²) in [6, 6.07) is 16.8. The maximum absolute atomic E-state index is 13.3. The second-order valence-electron chi connectivity index (χ2n) is 5.61. The van der Waals surface area contributed by atoms with Crippen LogP contribution in [0.2, 0.25) is 0 Å². The topological polar surface area (TPSA) is 49.8 Å². The summed E-state index contributed by atoms with van der Waals surface area (Å²) >= 11 is 0. The first kappa shape index (κ1) is 18.5. The van der Waals surface area contributed by atoms with E-state index in [-0.39, 0.29) is 6.61 Å². The van der Waals surface area contributed by atoms with Crippen molar-refractivity contribution < 1.29 is 14.2 Å². The molecular formula is C19H24NO3P. The minimum atomic E-state index is -3.40. The first-order chi connectivity index (χ1) is 11.5. The van der Waals surface area contributed by atoms with Gasteiger partial charge in [-0.2, -0.15) is 0 Å². The molecule has 2 rings (SSSR count). The minimum absolute atomic E-state index is 0.267. The highest BCUT2D eigenvalue weighted by molar-refractivity contribution is 7.67. The van der Waals surface area contributed by atoms with Crippen LogP contribution in [0.5, 0.6) is 0 Å². The van der Waals surface area contributed by atoms with E-state index in [4.69, 9.17) is 4.52 Å². The first-order valence-electron chi connectivity index (χ1n) is 7.91. The summed E-state index contributed by atoms with van der Waals surface area (Å²) in [5.41, 5.74) is 1.93. The van der Waals surface area contributed by atoms with Gasteiger partial charge in [-0.15, -0.1) is 0 Å². The van der Waals surface area contributed by atoms with Gasteiger partial charge in [0.05, 0.1) is 6.61 Å². The lowest BCUT2D eigenvalue weighted by Gasteiger charge is -2.22. The summed E-state index contributed by atoms with van der Waals surface area (Å²) in [5.74, 6) is -1.19. The average molecular weight is 345 g/mol. The molecule has 5 heteroatoms. The number of aliphatic hydroxyl groups is 1. The highest BCUT2D eigenvalue weighted by Gasteiger charge is 2.33. The standard InChI is InChI=1S/C19H24NO3P/c1-4-23-24(22,18-13-11-17(12-14-18)20(2)3)19(21)15-10-16-8-6-5-7-9-16/h5-15,19,21H,4H2,1-3H3. The van der Waals surface area contributed by atoms with Crippen LogP contribution in [0, 0.1) is 0 Å². The van der Waals surface area contributed by atoms with E-state index in [1.54, 1.807) is 25.1 Å². The van der Waals surface area contributed by atoms with E-state index in [2.05, 4.69) is 0 Å². The van der Waals surface area contributed by atoms with Crippen molar-refractivity contribution in [3.05, 3.63) is 66.2 Å². The van der Waals surface area contributed by atoms with Gasteiger partial charge in [0.1, 0.15) is 0 Å². The molecule has 0 fully saturated rings. The molecule has 0 aliphatic heterocycles. The lowest BCUT2D eigenvalue weighted by molar-refractivity contribution is 0.250. The quantitative estimate of drug-likeness (QED) is 0.777. The summed E-state index contributed by atoms with van der Waals surface area (Å²) in [6.45, 7) is 2.04. The molecule has 2 unspecified atom stereocenters. The predicted molar refractivity (Wildman–Crippen MR) is 101 cm³/mol. The average Bonchev–Trinajstić information content (AvgIpc) is 2.60. The molecule has 0 amide bonds. The lowest BCUT2D eigenvalue weighted by atomic mass is 10.2. The van der Waals surface area contributed by atoms with Crippen LogP contribution in [-0.4, -0.2) is 31.7 Å². The van der Waals surface area contributed by atoms with Crippen LogP contribution in [0.4, 0.5) is 5.69 Å². The molecule has 0 aromatic heterocycles. The Morgan fingerprint density at radius 2 is 1.75 bits per heavy atom. The van der Waals surface area contributed by atoms with Crippen molar-refractivity contribution in [3.63, 3.8) is 0 Å². The zero-order valence-corrected chi connectivity index (χ0v) is 15.2. The predicted octanol–water partition coefficient (Wildman–Crippen LogP) is 3.72. The molecule has 0 saturated heterocycles. The van der Waals surface area contributed by atoms with Gasteiger partial charge in [0.15, 0.2) is 5.85 Å². The second-order valence-corrected chi connectivity index (χ2v) is 8.11. The van der Waals surface area contributed by atoms with Crippen molar-refractivity contribution >= 4 is 24.4 Å². The highest BCUT2D eigenvalue weighted by atomic mass is 31.2.